The van der Waals surface area contributed by atoms with Gasteiger partial charge in [-0.3, -0.25) is 0 Å². The molecule has 1 heterocycles. The summed E-state index contributed by atoms with van der Waals surface area (Å²) in [5, 5.41) is 12.7. The van der Waals surface area contributed by atoms with Gasteiger partial charge in [-0.15, -0.1) is 0 Å². The average molecular weight is 185 g/mol. The number of aliphatic hydroxyl groups excluding tert-OH is 1. The normalized spacial score (nSPS) is 11.7. The fourth-order valence-corrected chi connectivity index (χ4v) is 1.00. The van der Waals surface area contributed by atoms with E-state index in [1.807, 2.05) is 13.8 Å². The molecule has 1 aromatic heterocycles. The van der Waals surface area contributed by atoms with Crippen LogP contribution in [0, 0.1) is 5.41 Å². The third-order valence-corrected chi connectivity index (χ3v) is 1.83. The van der Waals surface area contributed by atoms with Crippen LogP contribution in [0.1, 0.15) is 19.6 Å². The van der Waals surface area contributed by atoms with Crippen molar-refractivity contribution in [1.82, 2.24) is 5.16 Å². The number of nitrogens with zero attached hydrogens (tertiary/aromatic N) is 1. The molecule has 0 aromatic carbocycles. The molecule has 4 nitrogen and oxygen atoms in total. The minimum atomic E-state index is -0.176. The number of methoxy groups -OCH3 is 1. The van der Waals surface area contributed by atoms with Crippen LogP contribution in [0.3, 0.4) is 0 Å². The topological polar surface area (TPSA) is 55.5 Å². The van der Waals surface area contributed by atoms with E-state index in [1.165, 1.54) is 0 Å². The van der Waals surface area contributed by atoms with Crippen LogP contribution in [-0.4, -0.2) is 24.0 Å². The molecule has 0 atom stereocenters. The van der Waals surface area contributed by atoms with E-state index in [1.54, 1.807) is 13.2 Å². The van der Waals surface area contributed by atoms with E-state index in [2.05, 4.69) is 5.16 Å². The lowest BCUT2D eigenvalue weighted by Gasteiger charge is -2.18. The van der Waals surface area contributed by atoms with Crippen LogP contribution in [0.15, 0.2) is 10.6 Å². The molecule has 0 aliphatic rings. The summed E-state index contributed by atoms with van der Waals surface area (Å²) in [6, 6.07) is 1.73. The second-order valence-corrected chi connectivity index (χ2v) is 3.83. The van der Waals surface area contributed by atoms with E-state index in [0.29, 0.717) is 12.3 Å². The van der Waals surface area contributed by atoms with Gasteiger partial charge in [-0.25, -0.2) is 0 Å². The predicted molar refractivity (Wildman–Crippen MR) is 47.6 cm³/mol. The Hall–Kier alpha value is -1.03. The van der Waals surface area contributed by atoms with Crippen LogP contribution in [0.2, 0.25) is 0 Å². The van der Waals surface area contributed by atoms with Gasteiger partial charge in [0.2, 0.25) is 0 Å². The fraction of sp³-hybridized carbons (Fsp3) is 0.667. The summed E-state index contributed by atoms with van der Waals surface area (Å²) in [5.74, 6) is 1.21. The van der Waals surface area contributed by atoms with Gasteiger partial charge >= 0.3 is 0 Å². The minimum absolute atomic E-state index is 0.121. The van der Waals surface area contributed by atoms with Crippen LogP contribution in [0.4, 0.5) is 0 Å². The van der Waals surface area contributed by atoms with Crippen molar-refractivity contribution in [2.75, 3.05) is 13.7 Å². The molecule has 0 amide bonds. The Morgan fingerprint density at radius 1 is 1.62 bits per heavy atom. The summed E-state index contributed by atoms with van der Waals surface area (Å²) in [6.45, 7) is 4.04. The smallest absolute Gasteiger partial charge is 0.254 e. The van der Waals surface area contributed by atoms with Crippen molar-refractivity contribution in [1.29, 1.82) is 0 Å². The van der Waals surface area contributed by atoms with Gasteiger partial charge in [0.15, 0.2) is 0 Å². The van der Waals surface area contributed by atoms with Crippen LogP contribution in [0.25, 0.3) is 0 Å². The first-order valence-electron chi connectivity index (χ1n) is 4.18. The minimum Gasteiger partial charge on any atom is -0.479 e. The van der Waals surface area contributed by atoms with Gasteiger partial charge in [-0.2, -0.15) is 0 Å². The SMILES string of the molecule is COc1cc(CC(C)(C)CO)on1. The van der Waals surface area contributed by atoms with E-state index >= 15 is 0 Å². The molecule has 0 spiro atoms. The molecule has 0 fully saturated rings. The van der Waals surface area contributed by atoms with E-state index in [9.17, 15) is 0 Å². The molecule has 1 rings (SSSR count). The van der Waals surface area contributed by atoms with E-state index in [-0.39, 0.29) is 12.0 Å². The van der Waals surface area contributed by atoms with Gasteiger partial charge in [0.1, 0.15) is 5.76 Å². The molecule has 0 saturated heterocycles. The molecule has 0 aliphatic carbocycles. The monoisotopic (exact) mass is 185 g/mol. The van der Waals surface area contributed by atoms with Crippen molar-refractivity contribution >= 4 is 0 Å². The van der Waals surface area contributed by atoms with Gasteiger partial charge in [-0.1, -0.05) is 13.8 Å². The Kier molecular flexibility index (Phi) is 2.93. The van der Waals surface area contributed by atoms with Crippen molar-refractivity contribution in [2.45, 2.75) is 20.3 Å². The van der Waals surface area contributed by atoms with Crippen molar-refractivity contribution in [3.05, 3.63) is 11.8 Å². The number of rotatable bonds is 4. The molecule has 13 heavy (non-hydrogen) atoms. The Bertz CT molecular complexity index is 268. The highest BCUT2D eigenvalue weighted by molar-refractivity contribution is 5.11. The van der Waals surface area contributed by atoms with E-state index < -0.39 is 0 Å². The first-order valence-corrected chi connectivity index (χ1v) is 4.18. The highest BCUT2D eigenvalue weighted by atomic mass is 16.5. The van der Waals surface area contributed by atoms with Gasteiger partial charge < -0.3 is 14.4 Å². The summed E-state index contributed by atoms with van der Waals surface area (Å²) in [6.07, 6.45) is 0.653. The fourth-order valence-electron chi connectivity index (χ4n) is 1.00. The average Bonchev–Trinajstić information content (AvgIpc) is 2.52. The van der Waals surface area contributed by atoms with E-state index in [0.717, 1.165) is 5.76 Å². The quantitative estimate of drug-likeness (QED) is 0.766. The molecule has 74 valence electrons. The lowest BCUT2D eigenvalue weighted by Crippen LogP contribution is -2.19. The summed E-state index contributed by atoms with van der Waals surface area (Å²) in [4.78, 5) is 0. The van der Waals surface area contributed by atoms with Crippen molar-refractivity contribution < 1.29 is 14.4 Å². The molecule has 0 unspecified atom stereocenters. The molecule has 0 bridgehead atoms. The standard InChI is InChI=1S/C9H15NO3/c1-9(2,6-11)5-7-4-8(12-3)10-13-7/h4,11H,5-6H2,1-3H3. The van der Waals surface area contributed by atoms with Gasteiger partial charge in [0, 0.05) is 19.1 Å². The number of aliphatic hydroxyl groups is 1. The summed E-state index contributed by atoms with van der Waals surface area (Å²) in [7, 11) is 1.54. The maximum Gasteiger partial charge on any atom is 0.254 e. The number of ether oxygens (including phenoxy) is 1. The first-order chi connectivity index (χ1) is 6.07. The van der Waals surface area contributed by atoms with Gasteiger partial charge in [0.25, 0.3) is 5.88 Å². The van der Waals surface area contributed by atoms with Crippen LogP contribution in [-0.2, 0) is 6.42 Å². The maximum absolute atomic E-state index is 9.03. The van der Waals surface area contributed by atoms with Crippen molar-refractivity contribution in [2.24, 2.45) is 5.41 Å². The molecule has 0 saturated carbocycles. The molecule has 0 radical (unpaired) electrons. The van der Waals surface area contributed by atoms with Gasteiger partial charge in [0.05, 0.1) is 7.11 Å². The highest BCUT2D eigenvalue weighted by Crippen LogP contribution is 2.22. The molecule has 4 heteroatoms. The van der Waals surface area contributed by atoms with Crippen LogP contribution >= 0.6 is 0 Å². The molecular formula is C9H15NO3. The molecule has 0 aliphatic heterocycles. The maximum atomic E-state index is 9.03. The second-order valence-electron chi connectivity index (χ2n) is 3.83. The van der Waals surface area contributed by atoms with Crippen molar-refractivity contribution in [3.63, 3.8) is 0 Å². The number of hydrogen-bond acceptors (Lipinski definition) is 4. The lowest BCUT2D eigenvalue weighted by molar-refractivity contribution is 0.150. The number of hydrogen-bond donors (Lipinski definition) is 1. The first kappa shape index (κ1) is 10.1. The Balaban J connectivity index is 2.63. The van der Waals surface area contributed by atoms with Crippen LogP contribution in [0.5, 0.6) is 5.88 Å². The zero-order chi connectivity index (χ0) is 9.90. The van der Waals surface area contributed by atoms with Crippen molar-refractivity contribution in [3.8, 4) is 5.88 Å². The Morgan fingerprint density at radius 3 is 2.77 bits per heavy atom. The zero-order valence-corrected chi connectivity index (χ0v) is 8.20. The van der Waals surface area contributed by atoms with Crippen LogP contribution < -0.4 is 4.74 Å². The lowest BCUT2D eigenvalue weighted by atomic mass is 9.89. The highest BCUT2D eigenvalue weighted by Gasteiger charge is 2.20. The summed E-state index contributed by atoms with van der Waals surface area (Å²) in [5.41, 5.74) is -0.176. The summed E-state index contributed by atoms with van der Waals surface area (Å²) < 4.78 is 9.88. The predicted octanol–water partition coefficient (Wildman–Crippen LogP) is 1.24. The Labute approximate surface area is 77.5 Å². The third kappa shape index (κ3) is 2.73. The third-order valence-electron chi connectivity index (χ3n) is 1.83. The summed E-state index contributed by atoms with van der Waals surface area (Å²) >= 11 is 0. The molecular weight excluding hydrogens is 170 g/mol. The second kappa shape index (κ2) is 3.79. The van der Waals surface area contributed by atoms with Gasteiger partial charge in [-0.05, 0) is 10.6 Å². The molecule has 1 N–H and O–H groups in total. The zero-order valence-electron chi connectivity index (χ0n) is 8.20. The largest absolute Gasteiger partial charge is 0.479 e. The molecule has 1 aromatic rings. The van der Waals surface area contributed by atoms with E-state index in [4.69, 9.17) is 14.4 Å². The Morgan fingerprint density at radius 2 is 2.31 bits per heavy atom. The number of aromatic nitrogens is 1.